The fourth-order valence-electron chi connectivity index (χ4n) is 2.49. The molecule has 0 unspecified atom stereocenters. The molecule has 0 aromatic heterocycles. The number of nitrogens with zero attached hydrogens (tertiary/aromatic N) is 1. The van der Waals surface area contributed by atoms with Crippen LogP contribution >= 0.6 is 11.8 Å². The van der Waals surface area contributed by atoms with Crippen molar-refractivity contribution in [2.24, 2.45) is 0 Å². The summed E-state index contributed by atoms with van der Waals surface area (Å²) in [5.74, 6) is -0.180. The van der Waals surface area contributed by atoms with Crippen molar-refractivity contribution in [2.45, 2.75) is 37.3 Å². The van der Waals surface area contributed by atoms with E-state index in [1.165, 1.54) is 36.4 Å². The number of benzene rings is 2. The number of rotatable bonds is 8. The molecule has 1 N–H and O–H groups in total. The fourth-order valence-corrected chi connectivity index (χ4v) is 4.73. The third-order valence-corrected chi connectivity index (χ3v) is 7.03. The topological polar surface area (TPSA) is 66.5 Å². The summed E-state index contributed by atoms with van der Waals surface area (Å²) in [6.45, 7) is 8.17. The third-order valence-electron chi connectivity index (χ3n) is 3.97. The van der Waals surface area contributed by atoms with Gasteiger partial charge in [-0.2, -0.15) is 11.8 Å². The highest BCUT2D eigenvalue weighted by atomic mass is 32.2. The molecule has 0 aliphatic rings. The van der Waals surface area contributed by atoms with E-state index in [9.17, 15) is 17.6 Å². The number of amides is 1. The molecule has 5 nitrogen and oxygen atoms in total. The summed E-state index contributed by atoms with van der Waals surface area (Å²) in [6, 6.07) is 11.4. The Morgan fingerprint density at radius 1 is 1.07 bits per heavy atom. The molecule has 0 saturated heterocycles. The SMILES string of the molecule is Cc1ccc(S(=O)(=O)N(CC(=O)NCCSC(C)(C)C)c2ccc(F)cc2)cc1. The van der Waals surface area contributed by atoms with Crippen molar-refractivity contribution in [3.05, 3.63) is 59.9 Å². The summed E-state index contributed by atoms with van der Waals surface area (Å²) in [5.41, 5.74) is 1.15. The summed E-state index contributed by atoms with van der Waals surface area (Å²) in [5, 5.41) is 2.76. The van der Waals surface area contributed by atoms with Crippen molar-refractivity contribution in [1.82, 2.24) is 5.32 Å². The molecule has 2 aromatic carbocycles. The van der Waals surface area contributed by atoms with Crippen LogP contribution in [0.5, 0.6) is 0 Å². The first-order chi connectivity index (χ1) is 13.5. The highest BCUT2D eigenvalue weighted by Crippen LogP contribution is 2.24. The Morgan fingerprint density at radius 2 is 1.66 bits per heavy atom. The van der Waals surface area contributed by atoms with Gasteiger partial charge in [-0.15, -0.1) is 0 Å². The number of aryl methyl sites for hydroxylation is 1. The average molecular weight is 439 g/mol. The van der Waals surface area contributed by atoms with Gasteiger partial charge in [-0.3, -0.25) is 9.10 Å². The highest BCUT2D eigenvalue weighted by molar-refractivity contribution is 8.00. The lowest BCUT2D eigenvalue weighted by Crippen LogP contribution is -2.41. The largest absolute Gasteiger partial charge is 0.354 e. The number of hydrogen-bond acceptors (Lipinski definition) is 4. The summed E-state index contributed by atoms with van der Waals surface area (Å²) in [4.78, 5) is 12.5. The minimum Gasteiger partial charge on any atom is -0.354 e. The summed E-state index contributed by atoms with van der Waals surface area (Å²) < 4.78 is 40.8. The van der Waals surface area contributed by atoms with Gasteiger partial charge in [-0.1, -0.05) is 38.5 Å². The third kappa shape index (κ3) is 7.04. The first-order valence-electron chi connectivity index (χ1n) is 9.25. The fraction of sp³-hybridized carbons (Fsp3) is 0.381. The number of anilines is 1. The van der Waals surface area contributed by atoms with Gasteiger partial charge in [0.2, 0.25) is 5.91 Å². The second-order valence-electron chi connectivity index (χ2n) is 7.61. The first-order valence-corrected chi connectivity index (χ1v) is 11.7. The monoisotopic (exact) mass is 438 g/mol. The standard InChI is InChI=1S/C21H27FN2O3S2/c1-16-5-11-19(12-6-16)29(26,27)24(18-9-7-17(22)8-10-18)15-20(25)23-13-14-28-21(2,3)4/h5-12H,13-15H2,1-4H3,(H,23,25). The van der Waals surface area contributed by atoms with E-state index in [1.807, 2.05) is 6.92 Å². The molecule has 2 rings (SSSR count). The van der Waals surface area contributed by atoms with Crippen LogP contribution in [0.25, 0.3) is 0 Å². The zero-order valence-corrected chi connectivity index (χ0v) is 18.7. The van der Waals surface area contributed by atoms with Crippen molar-refractivity contribution in [1.29, 1.82) is 0 Å². The molecule has 0 aliphatic carbocycles. The molecule has 0 heterocycles. The van der Waals surface area contributed by atoms with E-state index in [4.69, 9.17) is 0 Å². The van der Waals surface area contributed by atoms with Gasteiger partial charge in [0.1, 0.15) is 12.4 Å². The van der Waals surface area contributed by atoms with E-state index < -0.39 is 21.7 Å². The molecule has 1 amide bonds. The molecule has 0 spiro atoms. The van der Waals surface area contributed by atoms with Gasteiger partial charge in [-0.05, 0) is 43.3 Å². The second kappa shape index (κ2) is 9.63. The summed E-state index contributed by atoms with van der Waals surface area (Å²) >= 11 is 1.71. The number of thioether (sulfide) groups is 1. The molecule has 0 radical (unpaired) electrons. The minimum absolute atomic E-state index is 0.0727. The van der Waals surface area contributed by atoms with Crippen LogP contribution in [0.15, 0.2) is 53.4 Å². The Bertz CT molecular complexity index is 922. The van der Waals surface area contributed by atoms with Gasteiger partial charge in [0, 0.05) is 17.0 Å². The van der Waals surface area contributed by atoms with Crippen molar-refractivity contribution in [3.63, 3.8) is 0 Å². The van der Waals surface area contributed by atoms with E-state index in [0.29, 0.717) is 6.54 Å². The lowest BCUT2D eigenvalue weighted by molar-refractivity contribution is -0.119. The molecular formula is C21H27FN2O3S2. The summed E-state index contributed by atoms with van der Waals surface area (Å²) in [6.07, 6.45) is 0. The maximum atomic E-state index is 13.3. The Hall–Kier alpha value is -2.06. The maximum absolute atomic E-state index is 13.3. The zero-order valence-electron chi connectivity index (χ0n) is 17.1. The molecule has 29 heavy (non-hydrogen) atoms. The zero-order chi connectivity index (χ0) is 21.7. The highest BCUT2D eigenvalue weighted by Gasteiger charge is 2.27. The molecular weight excluding hydrogens is 411 g/mol. The Morgan fingerprint density at radius 3 is 2.21 bits per heavy atom. The van der Waals surface area contributed by atoms with E-state index in [0.717, 1.165) is 15.6 Å². The van der Waals surface area contributed by atoms with Gasteiger partial charge in [-0.25, -0.2) is 12.8 Å². The number of halogens is 1. The molecule has 0 atom stereocenters. The van der Waals surface area contributed by atoms with Gasteiger partial charge in [0.05, 0.1) is 10.6 Å². The van der Waals surface area contributed by atoms with Crippen LogP contribution in [-0.2, 0) is 14.8 Å². The molecule has 0 saturated carbocycles. The Labute approximate surface area is 176 Å². The number of nitrogens with one attached hydrogen (secondary N) is 1. The van der Waals surface area contributed by atoms with E-state index in [1.54, 1.807) is 23.9 Å². The minimum atomic E-state index is -3.99. The first kappa shape index (κ1) is 23.2. The molecule has 0 bridgehead atoms. The second-order valence-corrected chi connectivity index (χ2v) is 11.4. The van der Waals surface area contributed by atoms with Gasteiger partial charge in [0.15, 0.2) is 0 Å². The van der Waals surface area contributed by atoms with E-state index >= 15 is 0 Å². The predicted octanol–water partition coefficient (Wildman–Crippen LogP) is 3.98. The van der Waals surface area contributed by atoms with Crippen molar-refractivity contribution >= 4 is 33.4 Å². The molecule has 0 fully saturated rings. The van der Waals surface area contributed by atoms with E-state index in [2.05, 4.69) is 26.1 Å². The summed E-state index contributed by atoms with van der Waals surface area (Å²) in [7, 11) is -3.99. The van der Waals surface area contributed by atoms with Crippen LogP contribution in [0.4, 0.5) is 10.1 Å². The van der Waals surface area contributed by atoms with Crippen LogP contribution < -0.4 is 9.62 Å². The van der Waals surface area contributed by atoms with Crippen LogP contribution in [0.1, 0.15) is 26.3 Å². The van der Waals surface area contributed by atoms with Crippen LogP contribution in [0.3, 0.4) is 0 Å². The van der Waals surface area contributed by atoms with E-state index in [-0.39, 0.29) is 21.9 Å². The molecule has 2 aromatic rings. The van der Waals surface area contributed by atoms with Crippen molar-refractivity contribution < 1.29 is 17.6 Å². The van der Waals surface area contributed by atoms with Crippen LogP contribution in [-0.4, -0.2) is 37.9 Å². The Balaban J connectivity index is 2.21. The van der Waals surface area contributed by atoms with Crippen LogP contribution in [0, 0.1) is 12.7 Å². The van der Waals surface area contributed by atoms with Gasteiger partial charge >= 0.3 is 0 Å². The normalized spacial score (nSPS) is 11.9. The van der Waals surface area contributed by atoms with Crippen LogP contribution in [0.2, 0.25) is 0 Å². The number of carbonyl (C=O) groups is 1. The predicted molar refractivity (Wildman–Crippen MR) is 117 cm³/mol. The number of carbonyl (C=O) groups excluding carboxylic acids is 1. The van der Waals surface area contributed by atoms with Crippen molar-refractivity contribution in [2.75, 3.05) is 23.1 Å². The number of sulfonamides is 1. The smallest absolute Gasteiger partial charge is 0.264 e. The molecule has 8 heteroatoms. The maximum Gasteiger partial charge on any atom is 0.264 e. The van der Waals surface area contributed by atoms with Crippen molar-refractivity contribution in [3.8, 4) is 0 Å². The average Bonchev–Trinajstić information content (AvgIpc) is 2.64. The lowest BCUT2D eigenvalue weighted by atomic mass is 10.2. The lowest BCUT2D eigenvalue weighted by Gasteiger charge is -2.24. The molecule has 158 valence electrons. The van der Waals surface area contributed by atoms with Gasteiger partial charge < -0.3 is 5.32 Å². The van der Waals surface area contributed by atoms with Gasteiger partial charge in [0.25, 0.3) is 10.0 Å². The molecule has 0 aliphatic heterocycles. The quantitative estimate of drug-likeness (QED) is 0.633. The number of hydrogen-bond donors (Lipinski definition) is 1. The Kier molecular flexibility index (Phi) is 7.71.